The van der Waals surface area contributed by atoms with Crippen LogP contribution in [0.2, 0.25) is 0 Å². The van der Waals surface area contributed by atoms with Crippen molar-refractivity contribution in [2.45, 2.75) is 26.8 Å². The van der Waals surface area contributed by atoms with Crippen LogP contribution in [0, 0.1) is 13.8 Å². The smallest absolute Gasteiger partial charge is 0.0266 e. The Bertz CT molecular complexity index is 231. The van der Waals surface area contributed by atoms with E-state index in [4.69, 9.17) is 5.73 Å². The monoisotopic (exact) mass is 149 g/mol. The minimum Gasteiger partial charge on any atom is -0.324 e. The van der Waals surface area contributed by atoms with Gasteiger partial charge in [-0.3, -0.25) is 0 Å². The van der Waals surface area contributed by atoms with Gasteiger partial charge in [0.25, 0.3) is 0 Å². The molecule has 0 radical (unpaired) electrons. The lowest BCUT2D eigenvalue weighted by Gasteiger charge is -2.07. The van der Waals surface area contributed by atoms with E-state index in [1.54, 1.807) is 0 Å². The summed E-state index contributed by atoms with van der Waals surface area (Å²) in [4.78, 5) is 0. The van der Waals surface area contributed by atoms with Crippen LogP contribution in [-0.4, -0.2) is 0 Å². The van der Waals surface area contributed by atoms with E-state index < -0.39 is 0 Å². The van der Waals surface area contributed by atoms with E-state index in [0.29, 0.717) is 0 Å². The van der Waals surface area contributed by atoms with Crippen LogP contribution in [0.3, 0.4) is 0 Å². The predicted molar refractivity (Wildman–Crippen MR) is 48.5 cm³/mol. The maximum absolute atomic E-state index is 5.75. The predicted octanol–water partition coefficient (Wildman–Crippen LogP) is 2.32. The van der Waals surface area contributed by atoms with Crippen LogP contribution in [0.4, 0.5) is 0 Å². The lowest BCUT2D eigenvalue weighted by molar-refractivity contribution is 0.815. The van der Waals surface area contributed by atoms with Gasteiger partial charge in [0, 0.05) is 6.04 Å². The van der Waals surface area contributed by atoms with Gasteiger partial charge in [0.05, 0.1) is 0 Å². The van der Waals surface area contributed by atoms with Gasteiger partial charge in [-0.25, -0.2) is 0 Å². The lowest BCUT2D eigenvalue weighted by atomic mass is 10.0. The van der Waals surface area contributed by atoms with Gasteiger partial charge in [0.1, 0.15) is 0 Å². The van der Waals surface area contributed by atoms with Gasteiger partial charge in [-0.2, -0.15) is 0 Å². The highest BCUT2D eigenvalue weighted by Crippen LogP contribution is 2.13. The van der Waals surface area contributed by atoms with Crippen molar-refractivity contribution in [3.8, 4) is 0 Å². The van der Waals surface area contributed by atoms with Crippen molar-refractivity contribution < 1.29 is 0 Å². The van der Waals surface area contributed by atoms with Crippen molar-refractivity contribution in [1.29, 1.82) is 0 Å². The van der Waals surface area contributed by atoms with Gasteiger partial charge < -0.3 is 5.73 Å². The second-order valence-corrected chi connectivity index (χ2v) is 3.21. The fraction of sp³-hybridized carbons (Fsp3) is 0.400. The largest absolute Gasteiger partial charge is 0.324 e. The van der Waals surface area contributed by atoms with E-state index in [-0.39, 0.29) is 6.04 Å². The van der Waals surface area contributed by atoms with Crippen molar-refractivity contribution >= 4 is 0 Å². The topological polar surface area (TPSA) is 26.0 Å². The number of nitrogens with two attached hydrogens (primary N) is 1. The zero-order valence-corrected chi connectivity index (χ0v) is 7.39. The van der Waals surface area contributed by atoms with Crippen LogP contribution in [0.1, 0.15) is 29.7 Å². The molecule has 1 aromatic carbocycles. The van der Waals surface area contributed by atoms with E-state index in [9.17, 15) is 0 Å². The third kappa shape index (κ3) is 2.05. The van der Waals surface area contributed by atoms with Gasteiger partial charge in [0.15, 0.2) is 0 Å². The third-order valence-electron chi connectivity index (χ3n) is 1.77. The molecule has 0 fully saturated rings. The van der Waals surface area contributed by atoms with Crippen molar-refractivity contribution in [3.63, 3.8) is 0 Å². The maximum atomic E-state index is 5.75. The molecule has 0 heterocycles. The third-order valence-corrected chi connectivity index (χ3v) is 1.77. The summed E-state index contributed by atoms with van der Waals surface area (Å²) < 4.78 is 0. The lowest BCUT2D eigenvalue weighted by Crippen LogP contribution is -2.05. The zero-order valence-electron chi connectivity index (χ0n) is 7.39. The summed E-state index contributed by atoms with van der Waals surface area (Å²) in [5, 5.41) is 0. The Morgan fingerprint density at radius 2 is 1.55 bits per heavy atom. The van der Waals surface area contributed by atoms with E-state index in [1.807, 2.05) is 6.92 Å². The van der Waals surface area contributed by atoms with Gasteiger partial charge in [0.2, 0.25) is 0 Å². The molecule has 0 amide bonds. The highest BCUT2D eigenvalue weighted by Gasteiger charge is 1.99. The van der Waals surface area contributed by atoms with Crippen molar-refractivity contribution in [2.24, 2.45) is 5.73 Å². The standard InChI is InChI=1S/C10H15N/c1-7-4-8(2)6-10(5-7)9(3)11/h4-6,9H,11H2,1-3H3. The summed E-state index contributed by atoms with van der Waals surface area (Å²) in [5.74, 6) is 0. The molecule has 1 aromatic rings. The number of rotatable bonds is 1. The first-order valence-electron chi connectivity index (χ1n) is 3.93. The Kier molecular flexibility index (Phi) is 2.30. The van der Waals surface area contributed by atoms with Gasteiger partial charge >= 0.3 is 0 Å². The van der Waals surface area contributed by atoms with E-state index in [0.717, 1.165) is 0 Å². The summed E-state index contributed by atoms with van der Waals surface area (Å²) in [7, 11) is 0. The van der Waals surface area contributed by atoms with Crippen LogP contribution in [0.15, 0.2) is 18.2 Å². The fourth-order valence-electron chi connectivity index (χ4n) is 1.27. The molecule has 1 unspecified atom stereocenters. The fourth-order valence-corrected chi connectivity index (χ4v) is 1.27. The number of hydrogen-bond donors (Lipinski definition) is 1. The van der Waals surface area contributed by atoms with Crippen LogP contribution in [-0.2, 0) is 0 Å². The molecule has 1 atom stereocenters. The molecule has 1 heteroatoms. The number of benzene rings is 1. The van der Waals surface area contributed by atoms with E-state index in [2.05, 4.69) is 32.0 Å². The molecular formula is C10H15N. The van der Waals surface area contributed by atoms with Crippen molar-refractivity contribution in [1.82, 2.24) is 0 Å². The highest BCUT2D eigenvalue weighted by atomic mass is 14.6. The molecule has 0 spiro atoms. The van der Waals surface area contributed by atoms with Crippen molar-refractivity contribution in [3.05, 3.63) is 34.9 Å². The normalized spacial score (nSPS) is 13.1. The summed E-state index contributed by atoms with van der Waals surface area (Å²) in [6.45, 7) is 6.20. The first-order chi connectivity index (χ1) is 5.09. The molecule has 0 bridgehead atoms. The molecule has 60 valence electrons. The first kappa shape index (κ1) is 8.28. The maximum Gasteiger partial charge on any atom is 0.0266 e. The summed E-state index contributed by atoms with van der Waals surface area (Å²) >= 11 is 0. The summed E-state index contributed by atoms with van der Waals surface area (Å²) in [6, 6.07) is 6.58. The van der Waals surface area contributed by atoms with Crippen LogP contribution >= 0.6 is 0 Å². The first-order valence-corrected chi connectivity index (χ1v) is 3.93. The zero-order chi connectivity index (χ0) is 8.43. The highest BCUT2D eigenvalue weighted by molar-refractivity contribution is 5.30. The Labute approximate surface area is 68.2 Å². The summed E-state index contributed by atoms with van der Waals surface area (Å²) in [5.41, 5.74) is 9.55. The SMILES string of the molecule is Cc1cc(C)cc(C(C)N)c1. The molecule has 0 saturated carbocycles. The minimum atomic E-state index is 0.147. The molecule has 0 saturated heterocycles. The Hall–Kier alpha value is -0.820. The molecule has 0 aliphatic heterocycles. The van der Waals surface area contributed by atoms with Gasteiger partial charge in [-0.05, 0) is 26.3 Å². The number of hydrogen-bond acceptors (Lipinski definition) is 1. The summed E-state index contributed by atoms with van der Waals surface area (Å²) in [6.07, 6.45) is 0. The second-order valence-electron chi connectivity index (χ2n) is 3.21. The molecule has 2 N–H and O–H groups in total. The molecule has 0 aliphatic rings. The molecule has 11 heavy (non-hydrogen) atoms. The van der Waals surface area contributed by atoms with Crippen LogP contribution < -0.4 is 5.73 Å². The number of aryl methyl sites for hydroxylation is 2. The molecular weight excluding hydrogens is 134 g/mol. The van der Waals surface area contributed by atoms with E-state index >= 15 is 0 Å². The Morgan fingerprint density at radius 1 is 1.09 bits per heavy atom. The minimum absolute atomic E-state index is 0.147. The molecule has 0 aliphatic carbocycles. The van der Waals surface area contributed by atoms with Gasteiger partial charge in [-0.1, -0.05) is 29.3 Å². The quantitative estimate of drug-likeness (QED) is 0.651. The van der Waals surface area contributed by atoms with Crippen LogP contribution in [0.25, 0.3) is 0 Å². The molecule has 0 aromatic heterocycles. The van der Waals surface area contributed by atoms with Gasteiger partial charge in [-0.15, -0.1) is 0 Å². The Morgan fingerprint density at radius 3 is 1.91 bits per heavy atom. The Balaban J connectivity index is 3.08. The van der Waals surface area contributed by atoms with E-state index in [1.165, 1.54) is 16.7 Å². The second kappa shape index (κ2) is 3.05. The molecule has 1 rings (SSSR count). The molecule has 1 nitrogen and oxygen atoms in total. The van der Waals surface area contributed by atoms with Crippen LogP contribution in [0.5, 0.6) is 0 Å². The average Bonchev–Trinajstić information content (AvgIpc) is 1.85. The van der Waals surface area contributed by atoms with Crippen molar-refractivity contribution in [2.75, 3.05) is 0 Å². The average molecular weight is 149 g/mol.